The Hall–Kier alpha value is -2.32. The number of sulfonamides is 1. The van der Waals surface area contributed by atoms with Gasteiger partial charge >= 0.3 is 0 Å². The fourth-order valence-electron chi connectivity index (χ4n) is 2.25. The molecule has 0 aliphatic carbocycles. The molecule has 1 heterocycles. The van der Waals surface area contributed by atoms with Gasteiger partial charge in [-0.3, -0.25) is 4.72 Å². The van der Waals surface area contributed by atoms with Crippen LogP contribution >= 0.6 is 11.3 Å². The summed E-state index contributed by atoms with van der Waals surface area (Å²) in [5.74, 6) is 1.20. The highest BCUT2D eigenvalue weighted by Crippen LogP contribution is 2.35. The lowest BCUT2D eigenvalue weighted by atomic mass is 10.2. The Bertz CT molecular complexity index is 979. The molecule has 0 unspecified atom stereocenters. The molecule has 0 aliphatic rings. The van der Waals surface area contributed by atoms with Crippen LogP contribution in [0.25, 0.3) is 10.2 Å². The van der Waals surface area contributed by atoms with Crippen LogP contribution < -0.4 is 14.2 Å². The average Bonchev–Trinajstić information content (AvgIpc) is 2.99. The largest absolute Gasteiger partial charge is 0.497 e. The zero-order valence-electron chi connectivity index (χ0n) is 13.4. The van der Waals surface area contributed by atoms with E-state index in [2.05, 4.69) is 9.71 Å². The van der Waals surface area contributed by atoms with Crippen molar-refractivity contribution < 1.29 is 17.9 Å². The van der Waals surface area contributed by atoms with Crippen molar-refractivity contribution in [2.45, 2.75) is 11.8 Å². The summed E-state index contributed by atoms with van der Waals surface area (Å²) in [5, 5.41) is 0.299. The highest BCUT2D eigenvalue weighted by Gasteiger charge is 2.18. The number of thiazole rings is 1. The lowest BCUT2D eigenvalue weighted by Gasteiger charge is -2.05. The van der Waals surface area contributed by atoms with E-state index in [0.717, 1.165) is 10.3 Å². The Labute approximate surface area is 144 Å². The van der Waals surface area contributed by atoms with Crippen LogP contribution in [0, 0.1) is 6.92 Å². The first-order valence-corrected chi connectivity index (χ1v) is 9.35. The molecule has 126 valence electrons. The van der Waals surface area contributed by atoms with Crippen molar-refractivity contribution in [2.75, 3.05) is 18.9 Å². The first-order valence-electron chi connectivity index (χ1n) is 7.05. The molecule has 3 aromatic rings. The Morgan fingerprint density at radius 1 is 1.04 bits per heavy atom. The molecule has 8 heteroatoms. The molecule has 0 amide bonds. The van der Waals surface area contributed by atoms with Crippen molar-refractivity contribution in [1.29, 1.82) is 0 Å². The zero-order chi connectivity index (χ0) is 17.3. The van der Waals surface area contributed by atoms with Crippen molar-refractivity contribution in [1.82, 2.24) is 4.98 Å². The molecule has 0 spiro atoms. The third kappa shape index (κ3) is 3.02. The van der Waals surface area contributed by atoms with E-state index >= 15 is 0 Å². The smallest absolute Gasteiger partial charge is 0.263 e. The quantitative estimate of drug-likeness (QED) is 0.750. The van der Waals surface area contributed by atoms with E-state index < -0.39 is 10.0 Å². The van der Waals surface area contributed by atoms with Gasteiger partial charge in [0.25, 0.3) is 10.0 Å². The SMILES string of the molecule is COc1ccc(S(=O)(=O)Nc2nc3c(OC)ccc(C)c3s2)cc1. The van der Waals surface area contributed by atoms with Gasteiger partial charge < -0.3 is 9.47 Å². The number of fused-ring (bicyclic) bond motifs is 1. The normalized spacial score (nSPS) is 11.5. The fraction of sp³-hybridized carbons (Fsp3) is 0.188. The minimum absolute atomic E-state index is 0.145. The Balaban J connectivity index is 1.97. The van der Waals surface area contributed by atoms with E-state index in [4.69, 9.17) is 9.47 Å². The van der Waals surface area contributed by atoms with Crippen LogP contribution in [0.4, 0.5) is 5.13 Å². The van der Waals surface area contributed by atoms with Gasteiger partial charge in [0.2, 0.25) is 0 Å². The number of ether oxygens (including phenoxy) is 2. The summed E-state index contributed by atoms with van der Waals surface area (Å²) in [5.41, 5.74) is 1.66. The van der Waals surface area contributed by atoms with Gasteiger partial charge in [-0.15, -0.1) is 0 Å². The predicted molar refractivity (Wildman–Crippen MR) is 94.7 cm³/mol. The van der Waals surface area contributed by atoms with Crippen molar-refractivity contribution in [3.63, 3.8) is 0 Å². The molecule has 0 saturated carbocycles. The van der Waals surface area contributed by atoms with E-state index in [1.165, 1.54) is 30.6 Å². The van der Waals surface area contributed by atoms with E-state index in [9.17, 15) is 8.42 Å². The second-order valence-electron chi connectivity index (χ2n) is 5.06. The molecule has 0 saturated heterocycles. The van der Waals surface area contributed by atoms with Crippen molar-refractivity contribution in [2.24, 2.45) is 0 Å². The van der Waals surface area contributed by atoms with Gasteiger partial charge in [-0.1, -0.05) is 17.4 Å². The number of anilines is 1. The van der Waals surface area contributed by atoms with Crippen molar-refractivity contribution >= 4 is 36.7 Å². The highest BCUT2D eigenvalue weighted by atomic mass is 32.2. The fourth-order valence-corrected chi connectivity index (χ4v) is 4.43. The number of nitrogens with zero attached hydrogens (tertiary/aromatic N) is 1. The molecule has 2 aromatic carbocycles. The summed E-state index contributed by atoms with van der Waals surface area (Å²) in [7, 11) is -0.630. The summed E-state index contributed by atoms with van der Waals surface area (Å²) >= 11 is 1.28. The molecule has 6 nitrogen and oxygen atoms in total. The van der Waals surface area contributed by atoms with Gasteiger partial charge in [-0.2, -0.15) is 0 Å². The monoisotopic (exact) mass is 364 g/mol. The molecule has 0 aliphatic heterocycles. The first kappa shape index (κ1) is 16.5. The number of rotatable bonds is 5. The summed E-state index contributed by atoms with van der Waals surface area (Å²) < 4.78 is 38.7. The van der Waals surface area contributed by atoms with Crippen LogP contribution in [-0.2, 0) is 10.0 Å². The lowest BCUT2D eigenvalue weighted by molar-refractivity contribution is 0.414. The molecule has 0 atom stereocenters. The number of benzene rings is 2. The molecular weight excluding hydrogens is 348 g/mol. The van der Waals surface area contributed by atoms with Gasteiger partial charge in [0.15, 0.2) is 5.13 Å². The van der Waals surface area contributed by atoms with Crippen LogP contribution in [-0.4, -0.2) is 27.6 Å². The van der Waals surface area contributed by atoms with E-state index in [1.807, 2.05) is 19.1 Å². The molecule has 0 bridgehead atoms. The minimum atomic E-state index is -3.72. The maximum absolute atomic E-state index is 12.5. The van der Waals surface area contributed by atoms with Crippen molar-refractivity contribution in [3.8, 4) is 11.5 Å². The molecule has 24 heavy (non-hydrogen) atoms. The average molecular weight is 364 g/mol. The van der Waals surface area contributed by atoms with Gasteiger partial charge in [0, 0.05) is 0 Å². The van der Waals surface area contributed by atoms with Gasteiger partial charge in [-0.25, -0.2) is 13.4 Å². The maximum Gasteiger partial charge on any atom is 0.263 e. The zero-order valence-corrected chi connectivity index (χ0v) is 15.0. The van der Waals surface area contributed by atoms with Crippen molar-refractivity contribution in [3.05, 3.63) is 42.0 Å². The van der Waals surface area contributed by atoms with Gasteiger partial charge in [-0.05, 0) is 42.8 Å². The van der Waals surface area contributed by atoms with E-state index in [-0.39, 0.29) is 4.90 Å². The molecule has 1 aromatic heterocycles. The topological polar surface area (TPSA) is 77.5 Å². The number of hydrogen-bond donors (Lipinski definition) is 1. The lowest BCUT2D eigenvalue weighted by Crippen LogP contribution is -2.12. The van der Waals surface area contributed by atoms with Crippen LogP contribution in [0.3, 0.4) is 0 Å². The molecule has 0 radical (unpaired) electrons. The van der Waals surface area contributed by atoms with Crippen LogP contribution in [0.5, 0.6) is 11.5 Å². The van der Waals surface area contributed by atoms with E-state index in [0.29, 0.717) is 22.1 Å². The second-order valence-corrected chi connectivity index (χ2v) is 7.74. The number of methoxy groups -OCH3 is 2. The summed E-state index contributed by atoms with van der Waals surface area (Å²) in [6, 6.07) is 9.90. The summed E-state index contributed by atoms with van der Waals surface area (Å²) in [6.07, 6.45) is 0. The molecule has 1 N–H and O–H groups in total. The third-order valence-electron chi connectivity index (χ3n) is 3.51. The minimum Gasteiger partial charge on any atom is -0.497 e. The second kappa shape index (κ2) is 6.29. The summed E-state index contributed by atoms with van der Waals surface area (Å²) in [4.78, 5) is 4.51. The first-order chi connectivity index (χ1) is 11.4. The highest BCUT2D eigenvalue weighted by molar-refractivity contribution is 7.93. The van der Waals surface area contributed by atoms with Crippen LogP contribution in [0.1, 0.15) is 5.56 Å². The van der Waals surface area contributed by atoms with E-state index in [1.54, 1.807) is 19.2 Å². The third-order valence-corrected chi connectivity index (χ3v) is 6.10. The van der Waals surface area contributed by atoms with Crippen LogP contribution in [0.2, 0.25) is 0 Å². The Kier molecular flexibility index (Phi) is 4.33. The standard InChI is InChI=1S/C16H16N2O4S2/c1-10-4-9-13(22-3)14-15(10)23-16(17-14)18-24(19,20)12-7-5-11(21-2)6-8-12/h4-9H,1-3H3,(H,17,18). The van der Waals surface area contributed by atoms with Gasteiger partial charge in [0.1, 0.15) is 17.0 Å². The molecule has 0 fully saturated rings. The number of aromatic nitrogens is 1. The predicted octanol–water partition coefficient (Wildman–Crippen LogP) is 3.42. The number of nitrogens with one attached hydrogen (secondary N) is 1. The Morgan fingerprint density at radius 3 is 2.38 bits per heavy atom. The van der Waals surface area contributed by atoms with Gasteiger partial charge in [0.05, 0.1) is 23.8 Å². The van der Waals surface area contributed by atoms with Crippen LogP contribution in [0.15, 0.2) is 41.3 Å². The summed E-state index contributed by atoms with van der Waals surface area (Å²) in [6.45, 7) is 1.95. The molecule has 3 rings (SSSR count). The number of aryl methyl sites for hydroxylation is 1. The number of hydrogen-bond acceptors (Lipinski definition) is 6. The maximum atomic E-state index is 12.5. The molecular formula is C16H16N2O4S2. The Morgan fingerprint density at radius 2 is 1.75 bits per heavy atom.